The highest BCUT2D eigenvalue weighted by atomic mass is 35.5. The standard InChI is InChI=1S/C24H25ClN4O4S/c1-32-19-7-6-14(10-16(19)25)8-9-24(15-4-2-3-5-15)11-18(30)20(22(31)33-24)34-23-26-12-17-21(29-23)28-13-27-17/h6-7,10,12-13,15,20H,2-5,8-9,11H2,1H3,(H,26,27,28,29). The highest BCUT2D eigenvalue weighted by Gasteiger charge is 2.52. The lowest BCUT2D eigenvalue weighted by atomic mass is 9.76. The number of benzene rings is 1. The normalized spacial score (nSPS) is 23.4. The second kappa shape index (κ2) is 9.54. The molecule has 0 radical (unpaired) electrons. The Morgan fingerprint density at radius 2 is 2.09 bits per heavy atom. The summed E-state index contributed by atoms with van der Waals surface area (Å²) >= 11 is 7.33. The van der Waals surface area contributed by atoms with E-state index in [0.29, 0.717) is 39.9 Å². The van der Waals surface area contributed by atoms with Crippen LogP contribution in [0.4, 0.5) is 0 Å². The van der Waals surface area contributed by atoms with Gasteiger partial charge in [0.25, 0.3) is 0 Å². The number of esters is 1. The number of imidazole rings is 1. The number of H-pyrrole nitrogens is 1. The predicted octanol–water partition coefficient (Wildman–Crippen LogP) is 4.55. The molecule has 0 spiro atoms. The molecule has 1 N–H and O–H groups in total. The van der Waals surface area contributed by atoms with Gasteiger partial charge in [-0.2, -0.15) is 0 Å². The van der Waals surface area contributed by atoms with Crippen LogP contribution in [0.2, 0.25) is 5.02 Å². The van der Waals surface area contributed by atoms with E-state index < -0.39 is 16.8 Å². The molecular formula is C24H25ClN4O4S. The van der Waals surface area contributed by atoms with E-state index in [9.17, 15) is 9.59 Å². The highest BCUT2D eigenvalue weighted by Crippen LogP contribution is 2.45. The molecule has 0 bridgehead atoms. The second-order valence-corrected chi connectivity index (χ2v) is 10.3. The topological polar surface area (TPSA) is 107 Å². The highest BCUT2D eigenvalue weighted by molar-refractivity contribution is 8.01. The van der Waals surface area contributed by atoms with Gasteiger partial charge in [0.2, 0.25) is 0 Å². The third-order valence-electron chi connectivity index (χ3n) is 6.81. The fourth-order valence-electron chi connectivity index (χ4n) is 5.05. The average molecular weight is 501 g/mol. The zero-order valence-corrected chi connectivity index (χ0v) is 20.3. The molecule has 34 heavy (non-hydrogen) atoms. The molecule has 3 heterocycles. The summed E-state index contributed by atoms with van der Waals surface area (Å²) in [6.07, 6.45) is 8.64. The van der Waals surface area contributed by atoms with Crippen molar-refractivity contribution in [1.82, 2.24) is 19.9 Å². The zero-order chi connectivity index (χ0) is 23.7. The van der Waals surface area contributed by atoms with Crippen LogP contribution in [0.25, 0.3) is 11.2 Å². The first kappa shape index (κ1) is 23.1. The molecule has 1 aromatic carbocycles. The number of hydrogen-bond donors (Lipinski definition) is 1. The number of halogens is 1. The lowest BCUT2D eigenvalue weighted by molar-refractivity contribution is -0.177. The summed E-state index contributed by atoms with van der Waals surface area (Å²) in [7, 11) is 1.58. The number of aromatic nitrogens is 4. The number of Topliss-reactive ketones (excluding diaryl/α,β-unsaturated/α-hetero) is 1. The van der Waals surface area contributed by atoms with Crippen LogP contribution in [0.1, 0.15) is 44.1 Å². The Kier molecular flexibility index (Phi) is 6.48. The molecule has 10 heteroatoms. The van der Waals surface area contributed by atoms with Crippen molar-refractivity contribution in [2.75, 3.05) is 7.11 Å². The molecule has 8 nitrogen and oxygen atoms in total. The number of ether oxygens (including phenoxy) is 2. The van der Waals surface area contributed by atoms with Crippen LogP contribution in [0.15, 0.2) is 35.9 Å². The number of aryl methyl sites for hydroxylation is 1. The first-order chi connectivity index (χ1) is 16.5. The van der Waals surface area contributed by atoms with E-state index in [4.69, 9.17) is 21.1 Å². The monoisotopic (exact) mass is 500 g/mol. The largest absolute Gasteiger partial charge is 0.495 e. The van der Waals surface area contributed by atoms with E-state index in [0.717, 1.165) is 43.0 Å². The number of methoxy groups -OCH3 is 1. The van der Waals surface area contributed by atoms with E-state index >= 15 is 0 Å². The van der Waals surface area contributed by atoms with Crippen molar-refractivity contribution >= 4 is 46.3 Å². The van der Waals surface area contributed by atoms with Crippen molar-refractivity contribution in [3.63, 3.8) is 0 Å². The van der Waals surface area contributed by atoms with Crippen molar-refractivity contribution in [2.45, 2.75) is 61.0 Å². The number of aromatic amines is 1. The van der Waals surface area contributed by atoms with Gasteiger partial charge >= 0.3 is 5.97 Å². The number of rotatable bonds is 7. The predicted molar refractivity (Wildman–Crippen MR) is 128 cm³/mol. The van der Waals surface area contributed by atoms with Crippen molar-refractivity contribution < 1.29 is 19.1 Å². The molecule has 2 fully saturated rings. The van der Waals surface area contributed by atoms with Crippen LogP contribution in [0.3, 0.4) is 0 Å². The lowest BCUT2D eigenvalue weighted by Gasteiger charge is -2.42. The summed E-state index contributed by atoms with van der Waals surface area (Å²) in [5, 5.41) is -0.102. The van der Waals surface area contributed by atoms with Crippen molar-refractivity contribution in [3.8, 4) is 5.75 Å². The maximum atomic E-state index is 13.3. The van der Waals surface area contributed by atoms with Gasteiger partial charge in [0.1, 0.15) is 16.9 Å². The average Bonchev–Trinajstić information content (AvgIpc) is 3.52. The van der Waals surface area contributed by atoms with E-state index in [1.54, 1.807) is 13.3 Å². The summed E-state index contributed by atoms with van der Waals surface area (Å²) in [6.45, 7) is 0. The fourth-order valence-corrected chi connectivity index (χ4v) is 6.15. The number of carbonyl (C=O) groups excluding carboxylic acids is 2. The minimum atomic E-state index is -0.971. The molecule has 1 saturated carbocycles. The van der Waals surface area contributed by atoms with Gasteiger partial charge in [-0.15, -0.1) is 0 Å². The number of nitrogens with one attached hydrogen (secondary N) is 1. The Labute approximate surface area is 206 Å². The molecule has 1 aliphatic heterocycles. The van der Waals surface area contributed by atoms with Gasteiger partial charge in [-0.3, -0.25) is 9.59 Å². The number of thioether (sulfide) groups is 1. The van der Waals surface area contributed by atoms with Crippen LogP contribution < -0.4 is 4.74 Å². The SMILES string of the molecule is COc1ccc(CCC2(C3CCCC3)CC(=O)C(Sc3ncc4[nH]cnc4n3)C(=O)O2)cc1Cl. The van der Waals surface area contributed by atoms with Gasteiger partial charge in [-0.05, 0) is 49.3 Å². The van der Waals surface area contributed by atoms with Gasteiger partial charge in [0, 0.05) is 6.42 Å². The number of nitrogens with zero attached hydrogens (tertiary/aromatic N) is 3. The van der Waals surface area contributed by atoms with Crippen LogP contribution in [0.5, 0.6) is 5.75 Å². The smallest absolute Gasteiger partial charge is 0.327 e. The van der Waals surface area contributed by atoms with Crippen molar-refractivity contribution in [3.05, 3.63) is 41.3 Å². The molecule has 3 aromatic rings. The molecule has 2 unspecified atom stereocenters. The van der Waals surface area contributed by atoms with E-state index in [2.05, 4.69) is 19.9 Å². The van der Waals surface area contributed by atoms with Crippen LogP contribution in [0, 0.1) is 5.92 Å². The minimum Gasteiger partial charge on any atom is -0.495 e. The van der Waals surface area contributed by atoms with Crippen LogP contribution >= 0.6 is 23.4 Å². The summed E-state index contributed by atoms with van der Waals surface area (Å²) < 4.78 is 11.4. The number of fused-ring (bicyclic) bond motifs is 1. The van der Waals surface area contributed by atoms with Crippen LogP contribution in [-0.4, -0.2) is 49.6 Å². The summed E-state index contributed by atoms with van der Waals surface area (Å²) in [5.74, 6) is 0.153. The van der Waals surface area contributed by atoms with E-state index in [-0.39, 0.29) is 18.1 Å². The fraction of sp³-hybridized carbons (Fsp3) is 0.458. The first-order valence-electron chi connectivity index (χ1n) is 11.4. The Balaban J connectivity index is 1.34. The molecule has 5 rings (SSSR count). The second-order valence-electron chi connectivity index (χ2n) is 8.87. The van der Waals surface area contributed by atoms with Gasteiger partial charge in [-0.1, -0.05) is 42.3 Å². The molecule has 2 aliphatic rings. The molecular weight excluding hydrogens is 476 g/mol. The summed E-state index contributed by atoms with van der Waals surface area (Å²) in [6, 6.07) is 5.66. The van der Waals surface area contributed by atoms with E-state index in [1.165, 1.54) is 6.33 Å². The zero-order valence-electron chi connectivity index (χ0n) is 18.8. The quantitative estimate of drug-likeness (QED) is 0.286. The van der Waals surface area contributed by atoms with Gasteiger partial charge in [0.15, 0.2) is 21.8 Å². The third kappa shape index (κ3) is 4.51. The third-order valence-corrected chi connectivity index (χ3v) is 8.21. The molecule has 2 atom stereocenters. The van der Waals surface area contributed by atoms with Gasteiger partial charge in [0.05, 0.1) is 24.7 Å². The number of cyclic esters (lactones) is 1. The maximum Gasteiger partial charge on any atom is 0.327 e. The molecule has 2 aromatic heterocycles. The molecule has 178 valence electrons. The maximum absolute atomic E-state index is 13.3. The molecule has 1 aliphatic carbocycles. The number of carbonyl (C=O) groups is 2. The summed E-state index contributed by atoms with van der Waals surface area (Å²) in [4.78, 5) is 42.1. The van der Waals surface area contributed by atoms with Gasteiger partial charge in [-0.25, -0.2) is 15.0 Å². The Bertz CT molecular complexity index is 1210. The minimum absolute atomic E-state index is 0.133. The Morgan fingerprint density at radius 1 is 1.26 bits per heavy atom. The number of ketones is 1. The molecule has 1 saturated heterocycles. The Morgan fingerprint density at radius 3 is 2.82 bits per heavy atom. The lowest BCUT2D eigenvalue weighted by Crippen LogP contribution is -2.53. The number of hydrogen-bond acceptors (Lipinski definition) is 8. The summed E-state index contributed by atoms with van der Waals surface area (Å²) in [5.41, 5.74) is 1.42. The molecule has 0 amide bonds. The van der Waals surface area contributed by atoms with Crippen LogP contribution in [-0.2, 0) is 20.7 Å². The van der Waals surface area contributed by atoms with E-state index in [1.807, 2.05) is 18.2 Å². The Hall–Kier alpha value is -2.65. The first-order valence-corrected chi connectivity index (χ1v) is 12.6. The van der Waals surface area contributed by atoms with Gasteiger partial charge < -0.3 is 14.5 Å². The van der Waals surface area contributed by atoms with Crippen molar-refractivity contribution in [2.24, 2.45) is 5.92 Å². The van der Waals surface area contributed by atoms with Crippen molar-refractivity contribution in [1.29, 1.82) is 0 Å².